The minimum atomic E-state index is -0.0912. The molecule has 0 aromatic heterocycles. The molecular formula is C7H11ClO. The van der Waals surface area contributed by atoms with Crippen LogP contribution in [0.3, 0.4) is 0 Å². The van der Waals surface area contributed by atoms with Crippen LogP contribution >= 0.6 is 11.6 Å². The van der Waals surface area contributed by atoms with Crippen LogP contribution < -0.4 is 0 Å². The number of hydrogen-bond donors (Lipinski definition) is 0. The van der Waals surface area contributed by atoms with E-state index in [1.807, 2.05) is 0 Å². The molecule has 0 aliphatic carbocycles. The van der Waals surface area contributed by atoms with Crippen molar-refractivity contribution >= 4 is 11.6 Å². The van der Waals surface area contributed by atoms with Gasteiger partial charge in [0.15, 0.2) is 5.56 Å². The SMILES string of the molecule is CCCC1=COC(Cl)C1. The van der Waals surface area contributed by atoms with Gasteiger partial charge in [0.25, 0.3) is 0 Å². The average Bonchev–Trinajstić information content (AvgIpc) is 2.17. The summed E-state index contributed by atoms with van der Waals surface area (Å²) in [6, 6.07) is 0. The summed E-state index contributed by atoms with van der Waals surface area (Å²) in [7, 11) is 0. The zero-order valence-electron chi connectivity index (χ0n) is 5.56. The van der Waals surface area contributed by atoms with Gasteiger partial charge in [-0.15, -0.1) is 0 Å². The van der Waals surface area contributed by atoms with Gasteiger partial charge in [-0.2, -0.15) is 0 Å². The van der Waals surface area contributed by atoms with Crippen LogP contribution in [0.4, 0.5) is 0 Å². The molecule has 1 aliphatic heterocycles. The molecule has 0 fully saturated rings. The summed E-state index contributed by atoms with van der Waals surface area (Å²) in [5.41, 5.74) is 1.25. The molecule has 0 amide bonds. The standard InChI is InChI=1S/C7H11ClO/c1-2-3-6-4-7(8)9-5-6/h5,7H,2-4H2,1H3. The quantitative estimate of drug-likeness (QED) is 0.545. The molecule has 0 saturated carbocycles. The lowest BCUT2D eigenvalue weighted by Gasteiger charge is -1.96. The van der Waals surface area contributed by atoms with Gasteiger partial charge < -0.3 is 4.74 Å². The van der Waals surface area contributed by atoms with Crippen LogP contribution in [0.2, 0.25) is 0 Å². The van der Waals surface area contributed by atoms with Gasteiger partial charge in [0.2, 0.25) is 0 Å². The molecule has 0 radical (unpaired) electrons. The molecule has 0 saturated heterocycles. The monoisotopic (exact) mass is 146 g/mol. The lowest BCUT2D eigenvalue weighted by molar-refractivity contribution is 0.244. The predicted octanol–water partition coefficient (Wildman–Crippen LogP) is 2.66. The normalized spacial score (nSPS) is 25.6. The summed E-state index contributed by atoms with van der Waals surface area (Å²) in [5, 5.41) is 0. The molecule has 0 N–H and O–H groups in total. The van der Waals surface area contributed by atoms with E-state index in [9.17, 15) is 0 Å². The van der Waals surface area contributed by atoms with Gasteiger partial charge in [0, 0.05) is 6.42 Å². The second-order valence-corrected chi connectivity index (χ2v) is 2.76. The molecule has 1 rings (SSSR count). The van der Waals surface area contributed by atoms with Crippen LogP contribution in [0.25, 0.3) is 0 Å². The summed E-state index contributed by atoms with van der Waals surface area (Å²) in [6.45, 7) is 2.16. The van der Waals surface area contributed by atoms with Crippen molar-refractivity contribution in [1.29, 1.82) is 0 Å². The first kappa shape index (κ1) is 6.94. The topological polar surface area (TPSA) is 9.23 Å². The summed E-state index contributed by atoms with van der Waals surface area (Å²) in [5.74, 6) is 0. The second-order valence-electron chi connectivity index (χ2n) is 2.28. The van der Waals surface area contributed by atoms with Gasteiger partial charge in [0.05, 0.1) is 6.26 Å². The van der Waals surface area contributed by atoms with Crippen LogP contribution in [0.15, 0.2) is 11.8 Å². The maximum Gasteiger partial charge on any atom is 0.175 e. The lowest BCUT2D eigenvalue weighted by atomic mass is 10.1. The Hall–Kier alpha value is -0.170. The Kier molecular flexibility index (Phi) is 2.40. The highest BCUT2D eigenvalue weighted by Crippen LogP contribution is 2.23. The third-order valence-corrected chi connectivity index (χ3v) is 1.63. The Morgan fingerprint density at radius 2 is 2.67 bits per heavy atom. The predicted molar refractivity (Wildman–Crippen MR) is 38.3 cm³/mol. The van der Waals surface area contributed by atoms with Gasteiger partial charge >= 0.3 is 0 Å². The smallest absolute Gasteiger partial charge is 0.175 e. The Bertz CT molecular complexity index is 120. The Labute approximate surface area is 60.7 Å². The van der Waals surface area contributed by atoms with Gasteiger partial charge in [0.1, 0.15) is 0 Å². The highest BCUT2D eigenvalue weighted by atomic mass is 35.5. The van der Waals surface area contributed by atoms with Crippen molar-refractivity contribution in [3.05, 3.63) is 11.8 Å². The number of halogens is 1. The van der Waals surface area contributed by atoms with Crippen molar-refractivity contribution in [2.75, 3.05) is 0 Å². The maximum absolute atomic E-state index is 5.67. The molecule has 0 aromatic rings. The molecule has 1 aliphatic rings. The van der Waals surface area contributed by atoms with E-state index in [-0.39, 0.29) is 5.56 Å². The lowest BCUT2D eigenvalue weighted by Crippen LogP contribution is -1.91. The molecule has 9 heavy (non-hydrogen) atoms. The number of hydrogen-bond acceptors (Lipinski definition) is 1. The molecule has 0 bridgehead atoms. The second kappa shape index (κ2) is 3.11. The zero-order chi connectivity index (χ0) is 6.69. The van der Waals surface area contributed by atoms with E-state index in [4.69, 9.17) is 16.3 Å². The Morgan fingerprint density at radius 1 is 1.89 bits per heavy atom. The van der Waals surface area contributed by atoms with E-state index in [1.165, 1.54) is 12.0 Å². The van der Waals surface area contributed by atoms with Crippen molar-refractivity contribution in [2.45, 2.75) is 31.7 Å². The highest BCUT2D eigenvalue weighted by molar-refractivity contribution is 6.20. The summed E-state index contributed by atoms with van der Waals surface area (Å²) >= 11 is 5.67. The highest BCUT2D eigenvalue weighted by Gasteiger charge is 2.13. The van der Waals surface area contributed by atoms with Crippen molar-refractivity contribution in [2.24, 2.45) is 0 Å². The van der Waals surface area contributed by atoms with Crippen molar-refractivity contribution in [1.82, 2.24) is 0 Å². The number of rotatable bonds is 2. The summed E-state index contributed by atoms with van der Waals surface area (Å²) < 4.78 is 5.02. The number of ether oxygens (including phenoxy) is 1. The summed E-state index contributed by atoms with van der Waals surface area (Å²) in [6.07, 6.45) is 5.01. The van der Waals surface area contributed by atoms with Crippen LogP contribution in [-0.2, 0) is 4.74 Å². The third-order valence-electron chi connectivity index (χ3n) is 1.38. The minimum Gasteiger partial charge on any atom is -0.482 e. The molecule has 2 heteroatoms. The van der Waals surface area contributed by atoms with Crippen molar-refractivity contribution in [3.63, 3.8) is 0 Å². The van der Waals surface area contributed by atoms with Crippen LogP contribution in [0.1, 0.15) is 26.2 Å². The van der Waals surface area contributed by atoms with Crippen LogP contribution in [0, 0.1) is 0 Å². The van der Waals surface area contributed by atoms with Crippen molar-refractivity contribution in [3.8, 4) is 0 Å². The molecule has 1 unspecified atom stereocenters. The first-order valence-electron chi connectivity index (χ1n) is 3.30. The van der Waals surface area contributed by atoms with Gasteiger partial charge in [-0.3, -0.25) is 0 Å². The van der Waals surface area contributed by atoms with Gasteiger partial charge in [-0.25, -0.2) is 0 Å². The largest absolute Gasteiger partial charge is 0.482 e. The zero-order valence-corrected chi connectivity index (χ0v) is 6.32. The molecular weight excluding hydrogens is 136 g/mol. The van der Waals surface area contributed by atoms with Gasteiger partial charge in [-0.1, -0.05) is 24.9 Å². The molecule has 1 heterocycles. The molecule has 0 spiro atoms. The maximum atomic E-state index is 5.67. The van der Waals surface area contributed by atoms with E-state index >= 15 is 0 Å². The molecule has 1 atom stereocenters. The van der Waals surface area contributed by atoms with Gasteiger partial charge in [-0.05, 0) is 12.0 Å². The van der Waals surface area contributed by atoms with Crippen LogP contribution in [0.5, 0.6) is 0 Å². The van der Waals surface area contributed by atoms with E-state index < -0.39 is 0 Å². The molecule has 0 aromatic carbocycles. The van der Waals surface area contributed by atoms with E-state index in [2.05, 4.69) is 6.92 Å². The van der Waals surface area contributed by atoms with E-state index in [0.29, 0.717) is 0 Å². The first-order valence-corrected chi connectivity index (χ1v) is 3.74. The minimum absolute atomic E-state index is 0.0912. The molecule has 1 nitrogen and oxygen atoms in total. The van der Waals surface area contributed by atoms with Crippen LogP contribution in [-0.4, -0.2) is 5.56 Å². The van der Waals surface area contributed by atoms with E-state index in [1.54, 1.807) is 6.26 Å². The Balaban J connectivity index is 2.27. The first-order chi connectivity index (χ1) is 4.33. The Morgan fingerprint density at radius 3 is 3.11 bits per heavy atom. The average molecular weight is 147 g/mol. The fourth-order valence-electron chi connectivity index (χ4n) is 0.955. The third kappa shape index (κ3) is 1.90. The fourth-order valence-corrected chi connectivity index (χ4v) is 1.20. The van der Waals surface area contributed by atoms with Crippen molar-refractivity contribution < 1.29 is 4.74 Å². The number of alkyl halides is 1. The van der Waals surface area contributed by atoms with E-state index in [0.717, 1.165) is 12.8 Å². The summed E-state index contributed by atoms with van der Waals surface area (Å²) in [4.78, 5) is 0. The fraction of sp³-hybridized carbons (Fsp3) is 0.714. The molecule has 52 valence electrons.